The SMILES string of the molecule is NC1CCCN(S(=O)(=O)c2ccc(CC(F)(F)F)cc2)C1. The zero-order valence-corrected chi connectivity index (χ0v) is 12.1. The van der Waals surface area contributed by atoms with Crippen LogP contribution >= 0.6 is 0 Å². The van der Waals surface area contributed by atoms with Crippen LogP contribution in [0.1, 0.15) is 18.4 Å². The van der Waals surface area contributed by atoms with Crippen molar-refractivity contribution in [3.8, 4) is 0 Å². The monoisotopic (exact) mass is 322 g/mol. The molecule has 1 atom stereocenters. The molecule has 0 radical (unpaired) electrons. The Hall–Kier alpha value is -1.12. The van der Waals surface area contributed by atoms with E-state index >= 15 is 0 Å². The van der Waals surface area contributed by atoms with E-state index in [9.17, 15) is 21.6 Å². The van der Waals surface area contributed by atoms with E-state index < -0.39 is 22.6 Å². The number of nitrogens with two attached hydrogens (primary N) is 1. The predicted molar refractivity (Wildman–Crippen MR) is 72.2 cm³/mol. The van der Waals surface area contributed by atoms with Gasteiger partial charge in [0.05, 0.1) is 11.3 Å². The van der Waals surface area contributed by atoms with Gasteiger partial charge in [-0.25, -0.2) is 8.42 Å². The maximum absolute atomic E-state index is 12.4. The fraction of sp³-hybridized carbons (Fsp3) is 0.538. The number of nitrogens with zero attached hydrogens (tertiary/aromatic N) is 1. The van der Waals surface area contributed by atoms with Crippen LogP contribution in [0.5, 0.6) is 0 Å². The molecule has 1 saturated heterocycles. The van der Waals surface area contributed by atoms with Gasteiger partial charge in [-0.15, -0.1) is 0 Å². The molecule has 8 heteroatoms. The molecule has 1 aromatic carbocycles. The minimum Gasteiger partial charge on any atom is -0.327 e. The van der Waals surface area contributed by atoms with E-state index in [1.165, 1.54) is 28.6 Å². The highest BCUT2D eigenvalue weighted by molar-refractivity contribution is 7.89. The van der Waals surface area contributed by atoms with Crippen molar-refractivity contribution in [2.75, 3.05) is 13.1 Å². The minimum atomic E-state index is -4.31. The number of hydrogen-bond donors (Lipinski definition) is 1. The van der Waals surface area contributed by atoms with Crippen molar-refractivity contribution in [2.45, 2.75) is 36.4 Å². The molecular weight excluding hydrogens is 305 g/mol. The van der Waals surface area contributed by atoms with Crippen molar-refractivity contribution in [1.82, 2.24) is 4.31 Å². The molecule has 21 heavy (non-hydrogen) atoms. The Morgan fingerprint density at radius 2 is 1.86 bits per heavy atom. The number of hydrogen-bond acceptors (Lipinski definition) is 3. The van der Waals surface area contributed by atoms with Crippen LogP contribution in [0.25, 0.3) is 0 Å². The third-order valence-electron chi connectivity index (χ3n) is 3.39. The maximum atomic E-state index is 12.4. The van der Waals surface area contributed by atoms with E-state index in [0.717, 1.165) is 6.42 Å². The van der Waals surface area contributed by atoms with Gasteiger partial charge in [0.25, 0.3) is 0 Å². The zero-order valence-electron chi connectivity index (χ0n) is 11.3. The van der Waals surface area contributed by atoms with Crippen LogP contribution in [-0.4, -0.2) is 38.0 Å². The van der Waals surface area contributed by atoms with Gasteiger partial charge in [-0.2, -0.15) is 17.5 Å². The van der Waals surface area contributed by atoms with Crippen molar-refractivity contribution in [1.29, 1.82) is 0 Å². The summed E-state index contributed by atoms with van der Waals surface area (Å²) in [7, 11) is -3.68. The number of alkyl halides is 3. The first-order chi connectivity index (χ1) is 9.68. The topological polar surface area (TPSA) is 63.4 Å². The molecule has 0 saturated carbocycles. The second-order valence-electron chi connectivity index (χ2n) is 5.20. The van der Waals surface area contributed by atoms with Crippen molar-refractivity contribution in [3.63, 3.8) is 0 Å². The average molecular weight is 322 g/mol. The molecule has 0 aromatic heterocycles. The molecule has 0 aliphatic carbocycles. The standard InChI is InChI=1S/C13H17F3N2O2S/c14-13(15,16)8-10-3-5-12(6-4-10)21(19,20)18-7-1-2-11(17)9-18/h3-6,11H,1-2,7-9,17H2. The first-order valence-corrected chi connectivity index (χ1v) is 8.04. The molecule has 0 amide bonds. The molecule has 1 unspecified atom stereocenters. The van der Waals surface area contributed by atoms with Crippen molar-refractivity contribution in [3.05, 3.63) is 29.8 Å². The smallest absolute Gasteiger partial charge is 0.327 e. The Morgan fingerprint density at radius 1 is 1.24 bits per heavy atom. The van der Waals surface area contributed by atoms with Crippen LogP contribution in [0.4, 0.5) is 13.2 Å². The van der Waals surface area contributed by atoms with E-state index in [1.807, 2.05) is 0 Å². The van der Waals surface area contributed by atoms with Crippen LogP contribution in [-0.2, 0) is 16.4 Å². The Morgan fingerprint density at radius 3 is 2.38 bits per heavy atom. The summed E-state index contributed by atoms with van der Waals surface area (Å²) in [6, 6.07) is 4.64. The summed E-state index contributed by atoms with van der Waals surface area (Å²) in [5.41, 5.74) is 5.80. The Balaban J connectivity index is 2.17. The van der Waals surface area contributed by atoms with Crippen molar-refractivity contribution >= 4 is 10.0 Å². The lowest BCUT2D eigenvalue weighted by molar-refractivity contribution is -0.127. The van der Waals surface area contributed by atoms with E-state index in [4.69, 9.17) is 5.73 Å². The molecule has 4 nitrogen and oxygen atoms in total. The van der Waals surface area contributed by atoms with Gasteiger partial charge in [0, 0.05) is 19.1 Å². The highest BCUT2D eigenvalue weighted by Gasteiger charge is 2.30. The van der Waals surface area contributed by atoms with E-state index in [2.05, 4.69) is 0 Å². The van der Waals surface area contributed by atoms with Crippen LogP contribution < -0.4 is 5.73 Å². The maximum Gasteiger partial charge on any atom is 0.393 e. The van der Waals surface area contributed by atoms with Crippen LogP contribution in [0.2, 0.25) is 0 Å². The highest BCUT2D eigenvalue weighted by Crippen LogP contribution is 2.24. The summed E-state index contributed by atoms with van der Waals surface area (Å²) in [6.07, 6.45) is -3.91. The lowest BCUT2D eigenvalue weighted by Crippen LogP contribution is -2.45. The van der Waals surface area contributed by atoms with Gasteiger partial charge in [0.15, 0.2) is 0 Å². The zero-order chi connectivity index (χ0) is 15.7. The fourth-order valence-corrected chi connectivity index (χ4v) is 3.89. The van der Waals surface area contributed by atoms with Gasteiger partial charge in [-0.3, -0.25) is 0 Å². The summed E-state index contributed by atoms with van der Waals surface area (Å²) >= 11 is 0. The number of benzene rings is 1. The molecular formula is C13H17F3N2O2S. The number of halogens is 3. The van der Waals surface area contributed by atoms with E-state index in [-0.39, 0.29) is 23.0 Å². The Kier molecular flexibility index (Phi) is 4.60. The van der Waals surface area contributed by atoms with Crippen LogP contribution in [0.15, 0.2) is 29.2 Å². The van der Waals surface area contributed by atoms with Gasteiger partial charge in [0.2, 0.25) is 10.0 Å². The first-order valence-electron chi connectivity index (χ1n) is 6.60. The van der Waals surface area contributed by atoms with E-state index in [1.54, 1.807) is 0 Å². The molecule has 2 N–H and O–H groups in total. The molecule has 1 aliphatic rings. The summed E-state index contributed by atoms with van der Waals surface area (Å²) in [5, 5.41) is 0. The van der Waals surface area contributed by atoms with Gasteiger partial charge in [-0.05, 0) is 30.5 Å². The Bertz CT molecular complexity index is 584. The molecule has 1 aromatic rings. The van der Waals surface area contributed by atoms with E-state index in [0.29, 0.717) is 13.0 Å². The summed E-state index contributed by atoms with van der Waals surface area (Å²) in [5.74, 6) is 0. The second kappa shape index (κ2) is 5.94. The van der Waals surface area contributed by atoms with Crippen molar-refractivity contribution < 1.29 is 21.6 Å². The van der Waals surface area contributed by atoms with Gasteiger partial charge in [-0.1, -0.05) is 12.1 Å². The molecule has 1 aliphatic heterocycles. The molecule has 1 fully saturated rings. The molecule has 118 valence electrons. The van der Waals surface area contributed by atoms with Crippen LogP contribution in [0, 0.1) is 0 Å². The number of sulfonamides is 1. The quantitative estimate of drug-likeness (QED) is 0.924. The first kappa shape index (κ1) is 16.3. The van der Waals surface area contributed by atoms with Gasteiger partial charge in [0.1, 0.15) is 0 Å². The molecule has 2 rings (SSSR count). The average Bonchev–Trinajstić information content (AvgIpc) is 2.37. The summed E-state index contributed by atoms with van der Waals surface area (Å²) in [6.45, 7) is 0.632. The Labute approximate surface area is 121 Å². The largest absolute Gasteiger partial charge is 0.393 e. The number of rotatable bonds is 3. The normalized spacial score (nSPS) is 21.4. The lowest BCUT2D eigenvalue weighted by atomic mass is 10.1. The number of piperidine rings is 1. The molecule has 1 heterocycles. The summed E-state index contributed by atoms with van der Waals surface area (Å²) < 4.78 is 62.9. The predicted octanol–water partition coefficient (Wildman–Crippen LogP) is 1.90. The third kappa shape index (κ3) is 4.18. The van der Waals surface area contributed by atoms with Gasteiger partial charge < -0.3 is 5.73 Å². The third-order valence-corrected chi connectivity index (χ3v) is 5.27. The van der Waals surface area contributed by atoms with Crippen molar-refractivity contribution in [2.24, 2.45) is 5.73 Å². The highest BCUT2D eigenvalue weighted by atomic mass is 32.2. The van der Waals surface area contributed by atoms with Gasteiger partial charge >= 0.3 is 6.18 Å². The molecule has 0 bridgehead atoms. The van der Waals surface area contributed by atoms with Crippen LogP contribution in [0.3, 0.4) is 0 Å². The molecule has 0 spiro atoms. The lowest BCUT2D eigenvalue weighted by Gasteiger charge is -2.29. The minimum absolute atomic E-state index is 0.00234. The summed E-state index contributed by atoms with van der Waals surface area (Å²) in [4.78, 5) is 0.00234. The second-order valence-corrected chi connectivity index (χ2v) is 7.14. The fourth-order valence-electron chi connectivity index (χ4n) is 2.35.